The molecule has 0 saturated carbocycles. The number of esters is 1. The summed E-state index contributed by atoms with van der Waals surface area (Å²) in [7, 11) is 2.91. The third-order valence-corrected chi connectivity index (χ3v) is 3.00. The van der Waals surface area contributed by atoms with Crippen LogP contribution in [-0.2, 0) is 25.6 Å². The number of carbonyl (C=O) groups is 1. The van der Waals surface area contributed by atoms with Gasteiger partial charge in [-0.2, -0.15) is 0 Å². The van der Waals surface area contributed by atoms with Gasteiger partial charge in [-0.05, 0) is 5.56 Å². The minimum absolute atomic E-state index is 0.315. The first kappa shape index (κ1) is 14.3. The number of nitrogens with zero attached hydrogens (tertiary/aromatic N) is 1. The van der Waals surface area contributed by atoms with Crippen molar-refractivity contribution in [1.82, 2.24) is 0 Å². The van der Waals surface area contributed by atoms with E-state index in [9.17, 15) is 4.79 Å². The molecule has 0 spiro atoms. The third-order valence-electron chi connectivity index (χ3n) is 3.00. The zero-order chi connectivity index (χ0) is 14.4. The Kier molecular flexibility index (Phi) is 4.90. The molecule has 0 N–H and O–H groups in total. The van der Waals surface area contributed by atoms with Crippen molar-refractivity contribution < 1.29 is 19.0 Å². The molecule has 0 aromatic heterocycles. The van der Waals surface area contributed by atoms with E-state index in [1.807, 2.05) is 30.3 Å². The summed E-state index contributed by atoms with van der Waals surface area (Å²) in [6.07, 6.45) is 1.56. The Bertz CT molecular complexity index is 522. The van der Waals surface area contributed by atoms with Crippen molar-refractivity contribution in [2.75, 3.05) is 14.2 Å². The maximum absolute atomic E-state index is 11.4. The van der Waals surface area contributed by atoms with Crippen LogP contribution in [0, 0.1) is 0 Å². The van der Waals surface area contributed by atoms with Gasteiger partial charge in [0.25, 0.3) is 0 Å². The van der Waals surface area contributed by atoms with Crippen molar-refractivity contribution in [3.05, 3.63) is 47.9 Å². The van der Waals surface area contributed by atoms with E-state index in [2.05, 4.69) is 9.73 Å². The van der Waals surface area contributed by atoms with Crippen molar-refractivity contribution in [3.8, 4) is 0 Å². The van der Waals surface area contributed by atoms with Crippen molar-refractivity contribution >= 4 is 11.7 Å². The molecule has 1 aliphatic heterocycles. The summed E-state index contributed by atoms with van der Waals surface area (Å²) in [5.74, 6) is 0.175. The molecule has 0 aliphatic carbocycles. The Morgan fingerprint density at radius 3 is 2.70 bits per heavy atom. The van der Waals surface area contributed by atoms with E-state index in [1.165, 1.54) is 13.3 Å². The predicted octanol–water partition coefficient (Wildman–Crippen LogP) is 2.08. The molecule has 1 aromatic carbocycles. The molecule has 2 rings (SSSR count). The van der Waals surface area contributed by atoms with Gasteiger partial charge in [0.2, 0.25) is 0 Å². The number of benzene rings is 1. The van der Waals surface area contributed by atoms with Gasteiger partial charge in [-0.25, -0.2) is 9.79 Å². The Morgan fingerprint density at radius 2 is 2.05 bits per heavy atom. The molecule has 1 heterocycles. The van der Waals surface area contributed by atoms with Crippen LogP contribution in [0.4, 0.5) is 0 Å². The minimum atomic E-state index is -0.439. The molecule has 1 aromatic rings. The van der Waals surface area contributed by atoms with Crippen molar-refractivity contribution in [2.24, 2.45) is 4.99 Å². The highest BCUT2D eigenvalue weighted by Crippen LogP contribution is 2.20. The Balaban J connectivity index is 2.04. The summed E-state index contributed by atoms with van der Waals surface area (Å²) in [5, 5.41) is 0. The lowest BCUT2D eigenvalue weighted by atomic mass is 10.1. The fraction of sp³-hybridized carbons (Fsp3) is 0.333. The Labute approximate surface area is 117 Å². The monoisotopic (exact) mass is 275 g/mol. The van der Waals surface area contributed by atoms with Crippen LogP contribution in [0.15, 0.2) is 47.3 Å². The van der Waals surface area contributed by atoms with Crippen LogP contribution in [0.5, 0.6) is 0 Å². The van der Waals surface area contributed by atoms with Gasteiger partial charge in [0.05, 0.1) is 13.3 Å². The summed E-state index contributed by atoms with van der Waals surface area (Å²) >= 11 is 0. The first-order valence-corrected chi connectivity index (χ1v) is 6.29. The highest BCUT2D eigenvalue weighted by atomic mass is 16.5. The van der Waals surface area contributed by atoms with Crippen molar-refractivity contribution in [3.63, 3.8) is 0 Å². The van der Waals surface area contributed by atoms with E-state index in [-0.39, 0.29) is 6.10 Å². The number of carbonyl (C=O) groups excluding carboxylic acids is 1. The van der Waals surface area contributed by atoms with E-state index in [0.29, 0.717) is 24.5 Å². The summed E-state index contributed by atoms with van der Waals surface area (Å²) in [4.78, 5) is 15.5. The van der Waals surface area contributed by atoms with Gasteiger partial charge in [-0.1, -0.05) is 30.3 Å². The Hall–Kier alpha value is -2.14. The van der Waals surface area contributed by atoms with Crippen molar-refractivity contribution in [2.45, 2.75) is 19.1 Å². The molecular weight excluding hydrogens is 258 g/mol. The van der Waals surface area contributed by atoms with Crippen LogP contribution in [0.1, 0.15) is 12.0 Å². The molecule has 0 amide bonds. The number of hydrogen-bond donors (Lipinski definition) is 0. The molecule has 5 nitrogen and oxygen atoms in total. The molecule has 106 valence electrons. The summed E-state index contributed by atoms with van der Waals surface area (Å²) in [6.45, 7) is 0.440. The maximum atomic E-state index is 11.4. The summed E-state index contributed by atoms with van der Waals surface area (Å²) in [5.41, 5.74) is 1.40. The number of rotatable bonds is 5. The van der Waals surface area contributed by atoms with E-state index < -0.39 is 5.97 Å². The standard InChI is InChI=1S/C15H17NO4/c1-18-13-8-12(15(17)19-2)16-9-14(13)20-10-11-6-4-3-5-7-11/h3-7,9,13H,8,10H2,1-2H3. The van der Waals surface area contributed by atoms with Gasteiger partial charge in [-0.3, -0.25) is 0 Å². The van der Waals surface area contributed by atoms with E-state index in [0.717, 1.165) is 5.56 Å². The average Bonchev–Trinajstić information content (AvgIpc) is 2.53. The number of ether oxygens (including phenoxy) is 3. The molecule has 20 heavy (non-hydrogen) atoms. The Morgan fingerprint density at radius 1 is 1.30 bits per heavy atom. The van der Waals surface area contributed by atoms with Gasteiger partial charge >= 0.3 is 5.97 Å². The quantitative estimate of drug-likeness (QED) is 0.772. The summed E-state index contributed by atoms with van der Waals surface area (Å²) in [6, 6.07) is 9.82. The second-order valence-electron chi connectivity index (χ2n) is 4.30. The van der Waals surface area contributed by atoms with Gasteiger partial charge in [-0.15, -0.1) is 0 Å². The van der Waals surface area contributed by atoms with Crippen LogP contribution in [0.2, 0.25) is 0 Å². The van der Waals surface area contributed by atoms with Gasteiger partial charge in [0, 0.05) is 13.5 Å². The first-order valence-electron chi connectivity index (χ1n) is 6.29. The lowest BCUT2D eigenvalue weighted by Crippen LogP contribution is -2.28. The van der Waals surface area contributed by atoms with E-state index >= 15 is 0 Å². The molecular formula is C15H17NO4. The lowest BCUT2D eigenvalue weighted by molar-refractivity contribution is -0.133. The molecule has 0 saturated heterocycles. The third kappa shape index (κ3) is 3.45. The second kappa shape index (κ2) is 6.86. The first-order chi connectivity index (χ1) is 9.74. The minimum Gasteiger partial charge on any atom is -0.489 e. The number of hydrogen-bond acceptors (Lipinski definition) is 5. The second-order valence-corrected chi connectivity index (χ2v) is 4.30. The van der Waals surface area contributed by atoms with Gasteiger partial charge < -0.3 is 14.2 Å². The normalized spacial score (nSPS) is 18.0. The molecule has 0 radical (unpaired) electrons. The van der Waals surface area contributed by atoms with Crippen LogP contribution < -0.4 is 0 Å². The van der Waals surface area contributed by atoms with Crippen molar-refractivity contribution in [1.29, 1.82) is 0 Å². The number of methoxy groups -OCH3 is 2. The van der Waals surface area contributed by atoms with E-state index in [4.69, 9.17) is 9.47 Å². The van der Waals surface area contributed by atoms with E-state index in [1.54, 1.807) is 7.11 Å². The zero-order valence-corrected chi connectivity index (χ0v) is 11.5. The molecule has 0 bridgehead atoms. The molecule has 1 atom stereocenters. The van der Waals surface area contributed by atoms with Gasteiger partial charge in [0.1, 0.15) is 24.2 Å². The summed E-state index contributed by atoms with van der Waals surface area (Å²) < 4.78 is 15.7. The maximum Gasteiger partial charge on any atom is 0.352 e. The average molecular weight is 275 g/mol. The van der Waals surface area contributed by atoms with Gasteiger partial charge in [0.15, 0.2) is 0 Å². The predicted molar refractivity (Wildman–Crippen MR) is 74.2 cm³/mol. The topological polar surface area (TPSA) is 57.1 Å². The van der Waals surface area contributed by atoms with Crippen LogP contribution >= 0.6 is 0 Å². The molecule has 5 heteroatoms. The largest absolute Gasteiger partial charge is 0.489 e. The molecule has 0 fully saturated rings. The molecule has 1 unspecified atom stereocenters. The van der Waals surface area contributed by atoms with Crippen LogP contribution in [-0.4, -0.2) is 32.0 Å². The smallest absolute Gasteiger partial charge is 0.352 e. The SMILES string of the molecule is COC(=O)C1=NC=C(OCc2ccccc2)C(OC)C1. The van der Waals surface area contributed by atoms with Crippen LogP contribution in [0.25, 0.3) is 0 Å². The fourth-order valence-electron chi connectivity index (χ4n) is 1.88. The number of aliphatic imine (C=N–C) groups is 1. The molecule has 1 aliphatic rings. The lowest BCUT2D eigenvalue weighted by Gasteiger charge is -2.22. The zero-order valence-electron chi connectivity index (χ0n) is 11.5. The fourth-order valence-corrected chi connectivity index (χ4v) is 1.88. The highest BCUT2D eigenvalue weighted by molar-refractivity contribution is 6.36. The van der Waals surface area contributed by atoms with Crippen LogP contribution in [0.3, 0.4) is 0 Å². The highest BCUT2D eigenvalue weighted by Gasteiger charge is 2.26.